The fraction of sp³-hybridized carbons (Fsp3) is 0.193. The van der Waals surface area contributed by atoms with E-state index in [-0.39, 0.29) is 17.2 Å². The lowest BCUT2D eigenvalue weighted by Crippen LogP contribution is -2.52. The molecule has 5 nitrogen and oxygen atoms in total. The summed E-state index contributed by atoms with van der Waals surface area (Å²) in [7, 11) is 2.16. The number of hydrogen-bond acceptors (Lipinski definition) is 5. The largest absolute Gasteiger partial charge is 0.545 e. The van der Waals surface area contributed by atoms with Crippen molar-refractivity contribution in [2.45, 2.75) is 57.4 Å². The van der Waals surface area contributed by atoms with Crippen LogP contribution in [0.25, 0.3) is 130 Å². The highest BCUT2D eigenvalue weighted by atomic mass is 16.4. The molecule has 3 unspecified atom stereocenters. The molecule has 0 N–H and O–H groups in total. The van der Waals surface area contributed by atoms with Gasteiger partial charge in [0.2, 0.25) is 0 Å². The van der Waals surface area contributed by atoms with Crippen molar-refractivity contribution in [3.63, 3.8) is 0 Å². The molecule has 3 atom stereocenters. The van der Waals surface area contributed by atoms with Crippen molar-refractivity contribution in [1.29, 1.82) is 0 Å². The maximum atomic E-state index is 12.6. The van der Waals surface area contributed by atoms with Gasteiger partial charge in [-0.15, -0.1) is 0 Å². The lowest BCUT2D eigenvalue weighted by atomic mass is 9.47. The first kappa shape index (κ1) is 32.9. The molecule has 1 fully saturated rings. The molecule has 0 aromatic heterocycles. The average molecular weight is 798 g/mol. The van der Waals surface area contributed by atoms with Crippen LogP contribution in [0.4, 0.5) is 0 Å². The Morgan fingerprint density at radius 2 is 0.919 bits per heavy atom. The molecular formula is C57H35NO4-2. The molecule has 62 heavy (non-hydrogen) atoms. The number of unbranched alkanes of at least 4 members (excludes halogenated alkanes) is 1. The fourth-order valence-corrected chi connectivity index (χ4v) is 15.7. The summed E-state index contributed by atoms with van der Waals surface area (Å²) in [6.07, 6.45) is 7.42. The molecule has 0 bridgehead atoms. The van der Waals surface area contributed by atoms with Crippen LogP contribution in [0.3, 0.4) is 0 Å². The molecular weight excluding hydrogens is 763 g/mol. The van der Waals surface area contributed by atoms with Gasteiger partial charge in [-0.3, -0.25) is 4.90 Å². The van der Waals surface area contributed by atoms with Gasteiger partial charge in [0.15, 0.2) is 0 Å². The molecule has 13 aromatic carbocycles. The van der Waals surface area contributed by atoms with Crippen LogP contribution in [0.2, 0.25) is 0 Å². The molecule has 2 spiro atoms. The van der Waals surface area contributed by atoms with Crippen molar-refractivity contribution in [2.75, 3.05) is 13.6 Å². The molecule has 0 amide bonds. The summed E-state index contributed by atoms with van der Waals surface area (Å²) in [5, 5.41) is 58.1. The van der Waals surface area contributed by atoms with Gasteiger partial charge in [0.1, 0.15) is 0 Å². The summed E-state index contributed by atoms with van der Waals surface area (Å²) < 4.78 is 0. The highest BCUT2D eigenvalue weighted by Crippen LogP contribution is 2.78. The number of rotatable bonds is 4. The third kappa shape index (κ3) is 2.71. The number of allylic oxidation sites excluding steroid dienone is 2. The molecule has 5 aliphatic rings. The molecule has 13 aromatic rings. The molecule has 18 rings (SSSR count). The molecule has 0 radical (unpaired) electrons. The summed E-state index contributed by atoms with van der Waals surface area (Å²) >= 11 is 0. The van der Waals surface area contributed by atoms with Crippen LogP contribution in [-0.4, -0.2) is 30.4 Å². The standard InChI is InChI=1S/C51H21NO4.C4H10.C2H6/c1-52-15-50-27-10-11-28-26-9-7-24-22-5-3-20-19-2-4-21-23-6-8-25(27)35-33(23)38-31(21)29(19)37-30(20)32(22)39-34(24)36(26)46(44-42(39)40(37)41(38)43(44)45(35)50)51(28,50)47(52)16-12-17(48(53)54)14-18(13-16)49(55)56;1-3-4-2;1-2/h2-14,47H,15H2,1H3,(H,53,54)(H,55,56);3-4H2,1-2H3;1-2H3/p-2. The maximum absolute atomic E-state index is 12.6. The number of hydrogen-bond donors (Lipinski definition) is 0. The van der Waals surface area contributed by atoms with Gasteiger partial charge in [0.25, 0.3) is 0 Å². The van der Waals surface area contributed by atoms with Gasteiger partial charge < -0.3 is 19.8 Å². The minimum Gasteiger partial charge on any atom is -0.545 e. The van der Waals surface area contributed by atoms with Crippen LogP contribution in [-0.2, 0) is 10.8 Å². The molecule has 5 heteroatoms. The number of aromatic carboxylic acids is 2. The summed E-state index contributed by atoms with van der Waals surface area (Å²) in [4.78, 5) is 27.7. The SMILES string of the molecule is CC.CCCC.CN1CC23C4=c5ccc6c7ccc8c9ccc%10c%11ccc%12c%13c(c%14c%15c2c5c6c2c7c8c5c9c%10c(c%13%11)c%14c5c%152)C3(C=%12C=C4)C1c1cc(C(=O)[O-])cc(C(=O)[O-])c1. The predicted molar refractivity (Wildman–Crippen MR) is 249 cm³/mol. The highest BCUT2D eigenvalue weighted by molar-refractivity contribution is 6.64. The normalized spacial score (nSPS) is 22.0. The Labute approximate surface area is 353 Å². The van der Waals surface area contributed by atoms with Crippen LogP contribution in [0.5, 0.6) is 0 Å². The van der Waals surface area contributed by atoms with E-state index < -0.39 is 22.8 Å². The number of nitrogens with zero attached hydrogens (tertiary/aromatic N) is 1. The zero-order chi connectivity index (χ0) is 41.5. The van der Waals surface area contributed by atoms with E-state index in [1.165, 1.54) is 170 Å². The molecule has 4 aliphatic carbocycles. The van der Waals surface area contributed by atoms with E-state index in [4.69, 9.17) is 0 Å². The summed E-state index contributed by atoms with van der Waals surface area (Å²) in [5.74, 6) is -2.79. The van der Waals surface area contributed by atoms with Gasteiger partial charge >= 0.3 is 0 Å². The number of likely N-dealkylation sites (N-methyl/N-ethyl adjacent to an activating group) is 1. The van der Waals surface area contributed by atoms with Crippen molar-refractivity contribution in [2.24, 2.45) is 0 Å². The number of carboxylic acids is 2. The molecule has 294 valence electrons. The van der Waals surface area contributed by atoms with E-state index in [0.29, 0.717) is 12.1 Å². The Morgan fingerprint density at radius 3 is 1.40 bits per heavy atom. The van der Waals surface area contributed by atoms with E-state index in [0.717, 1.165) is 0 Å². The van der Waals surface area contributed by atoms with Crippen molar-refractivity contribution < 1.29 is 19.8 Å². The fourth-order valence-electron chi connectivity index (χ4n) is 15.7. The monoisotopic (exact) mass is 797 g/mol. The first-order chi connectivity index (χ1) is 30.3. The minimum absolute atomic E-state index is 0.140. The quantitative estimate of drug-likeness (QED) is 0.166. The van der Waals surface area contributed by atoms with Gasteiger partial charge in [-0.1, -0.05) is 101 Å². The Hall–Kier alpha value is -6.82. The smallest absolute Gasteiger partial charge is 0.0715 e. The van der Waals surface area contributed by atoms with Crippen LogP contribution in [0, 0.1) is 0 Å². The predicted octanol–water partition coefficient (Wildman–Crippen LogP) is 9.51. The van der Waals surface area contributed by atoms with Crippen LogP contribution in [0.1, 0.15) is 84.0 Å². The Bertz CT molecular complexity index is 4390. The second-order valence-corrected chi connectivity index (χ2v) is 19.0. The Morgan fingerprint density at radius 1 is 0.532 bits per heavy atom. The van der Waals surface area contributed by atoms with Gasteiger partial charge in [-0.05, 0) is 193 Å². The topological polar surface area (TPSA) is 83.5 Å². The summed E-state index contributed by atoms with van der Waals surface area (Å²) in [5.41, 5.74) is 4.54. The van der Waals surface area contributed by atoms with Crippen LogP contribution >= 0.6 is 0 Å². The zero-order valence-electron chi connectivity index (χ0n) is 34.8. The van der Waals surface area contributed by atoms with Crippen LogP contribution < -0.4 is 20.7 Å². The van der Waals surface area contributed by atoms with Gasteiger partial charge in [0.05, 0.1) is 22.8 Å². The van der Waals surface area contributed by atoms with Crippen LogP contribution in [0.15, 0.2) is 78.9 Å². The van der Waals surface area contributed by atoms with Gasteiger partial charge in [0, 0.05) is 12.6 Å². The number of carbonyl (C=O) groups is 2. The van der Waals surface area contributed by atoms with Crippen molar-refractivity contribution >= 4 is 142 Å². The molecule has 1 aliphatic heterocycles. The van der Waals surface area contributed by atoms with Crippen molar-refractivity contribution in [3.8, 4) is 0 Å². The molecule has 1 saturated heterocycles. The van der Waals surface area contributed by atoms with Crippen molar-refractivity contribution in [1.82, 2.24) is 4.90 Å². The van der Waals surface area contributed by atoms with E-state index >= 15 is 0 Å². The van der Waals surface area contributed by atoms with Gasteiger partial charge in [-0.25, -0.2) is 0 Å². The molecule has 1 heterocycles. The Balaban J connectivity index is 0.000000554. The number of benzene rings is 9. The lowest BCUT2D eigenvalue weighted by molar-refractivity contribution is -0.255. The summed E-state index contributed by atoms with van der Waals surface area (Å²) in [6, 6.07) is 23.2. The first-order valence-corrected chi connectivity index (χ1v) is 22.5. The minimum atomic E-state index is -1.39. The first-order valence-electron chi connectivity index (χ1n) is 22.5. The van der Waals surface area contributed by atoms with Crippen molar-refractivity contribution in [3.05, 3.63) is 117 Å². The van der Waals surface area contributed by atoms with E-state index in [2.05, 4.69) is 86.5 Å². The lowest BCUT2D eigenvalue weighted by Gasteiger charge is -2.52. The van der Waals surface area contributed by atoms with Gasteiger partial charge in [-0.2, -0.15) is 0 Å². The third-order valence-corrected chi connectivity index (χ3v) is 17.1. The zero-order valence-corrected chi connectivity index (χ0v) is 34.8. The second kappa shape index (κ2) is 9.62. The Kier molecular flexibility index (Phi) is 5.11. The number of carboxylic acid groups (broad SMARTS) is 2. The number of likely N-dealkylation sites (tertiary alicyclic amines) is 1. The number of carbonyl (C=O) groups excluding carboxylic acids is 2. The van der Waals surface area contributed by atoms with E-state index in [9.17, 15) is 19.8 Å². The molecule has 0 saturated carbocycles. The maximum Gasteiger partial charge on any atom is 0.0715 e. The van der Waals surface area contributed by atoms with E-state index in [1.54, 1.807) is 12.1 Å². The second-order valence-electron chi connectivity index (χ2n) is 19.0. The average Bonchev–Trinajstić information content (AvgIpc) is 4.13. The summed E-state index contributed by atoms with van der Waals surface area (Å²) in [6.45, 7) is 9.06. The highest BCUT2D eigenvalue weighted by Gasteiger charge is 2.73. The third-order valence-electron chi connectivity index (χ3n) is 17.1. The number of fused-ring (bicyclic) bond motifs is 3. The van der Waals surface area contributed by atoms with E-state index in [1.807, 2.05) is 13.8 Å².